The first kappa shape index (κ1) is 21.6. The summed E-state index contributed by atoms with van der Waals surface area (Å²) in [7, 11) is 0. The second-order valence-corrected chi connectivity index (χ2v) is 8.24. The van der Waals surface area contributed by atoms with E-state index in [9.17, 15) is 9.59 Å². The van der Waals surface area contributed by atoms with Crippen molar-refractivity contribution in [1.29, 1.82) is 0 Å². The van der Waals surface area contributed by atoms with E-state index in [4.69, 9.17) is 4.74 Å². The maximum atomic E-state index is 13.1. The Hall–Kier alpha value is -2.68. The Kier molecular flexibility index (Phi) is 6.60. The molecule has 3 heteroatoms. The number of hydrogen-bond donors (Lipinski definition) is 0. The minimum absolute atomic E-state index is 0.251. The first-order valence-corrected chi connectivity index (χ1v) is 9.63. The number of carbonyl (C=O) groups is 2. The summed E-state index contributed by atoms with van der Waals surface area (Å²) in [6.07, 6.45) is 5.13. The molecule has 1 unspecified atom stereocenters. The molecule has 0 bridgehead atoms. The fourth-order valence-electron chi connectivity index (χ4n) is 2.97. The molecule has 0 radical (unpaired) electrons. The highest BCUT2D eigenvalue weighted by Gasteiger charge is 2.41. The Morgan fingerprint density at radius 3 is 2.29 bits per heavy atom. The van der Waals surface area contributed by atoms with Crippen molar-refractivity contribution in [2.24, 2.45) is 5.41 Å². The SMILES string of the molecule is C=CC(C)(CCC=C(C)C)OC(=O)C(C)(C)C(=O)c1ccc2ccccc2c1. The van der Waals surface area contributed by atoms with Crippen LogP contribution in [0.2, 0.25) is 0 Å². The van der Waals surface area contributed by atoms with E-state index in [-0.39, 0.29) is 5.78 Å². The largest absolute Gasteiger partial charge is 0.454 e. The molecule has 28 heavy (non-hydrogen) atoms. The normalized spacial score (nSPS) is 13.5. The van der Waals surface area contributed by atoms with Gasteiger partial charge < -0.3 is 4.74 Å². The Morgan fingerprint density at radius 1 is 1.04 bits per heavy atom. The Morgan fingerprint density at radius 2 is 1.68 bits per heavy atom. The first-order valence-electron chi connectivity index (χ1n) is 9.63. The van der Waals surface area contributed by atoms with Crippen LogP contribution in [0.3, 0.4) is 0 Å². The van der Waals surface area contributed by atoms with E-state index >= 15 is 0 Å². The fourth-order valence-corrected chi connectivity index (χ4v) is 2.97. The topological polar surface area (TPSA) is 43.4 Å². The van der Waals surface area contributed by atoms with E-state index in [1.54, 1.807) is 26.0 Å². The molecule has 148 valence electrons. The molecular formula is C25H30O3. The number of hydrogen-bond acceptors (Lipinski definition) is 3. The van der Waals surface area contributed by atoms with Gasteiger partial charge in [-0.1, -0.05) is 54.6 Å². The fraction of sp³-hybridized carbons (Fsp3) is 0.360. The second kappa shape index (κ2) is 8.55. The highest BCUT2D eigenvalue weighted by Crippen LogP contribution is 2.30. The molecule has 0 saturated carbocycles. The summed E-state index contributed by atoms with van der Waals surface area (Å²) in [5.41, 5.74) is -0.386. The third-order valence-electron chi connectivity index (χ3n) is 5.04. The molecule has 0 aliphatic rings. The van der Waals surface area contributed by atoms with Crippen LogP contribution in [0.15, 0.2) is 66.8 Å². The number of ether oxygens (including phenoxy) is 1. The second-order valence-electron chi connectivity index (χ2n) is 8.24. The molecule has 2 aromatic rings. The summed E-state index contributed by atoms with van der Waals surface area (Å²) in [5.74, 6) is -0.788. The van der Waals surface area contributed by atoms with Crippen molar-refractivity contribution in [3.8, 4) is 0 Å². The lowest BCUT2D eigenvalue weighted by Gasteiger charge is -2.30. The zero-order chi connectivity index (χ0) is 20.9. The lowest BCUT2D eigenvalue weighted by molar-refractivity contribution is -0.162. The van der Waals surface area contributed by atoms with E-state index in [0.29, 0.717) is 12.0 Å². The Balaban J connectivity index is 2.20. The molecule has 1 atom stereocenters. The van der Waals surface area contributed by atoms with Gasteiger partial charge in [0.05, 0.1) is 0 Å². The summed E-state index contributed by atoms with van der Waals surface area (Å²) in [6.45, 7) is 12.9. The van der Waals surface area contributed by atoms with Crippen LogP contribution in [0.1, 0.15) is 57.8 Å². The maximum absolute atomic E-state index is 13.1. The Bertz CT molecular complexity index is 916. The molecule has 0 N–H and O–H groups in total. The number of Topliss-reactive ketones (excluding diaryl/α,β-unsaturated/α-hetero) is 1. The smallest absolute Gasteiger partial charge is 0.320 e. The van der Waals surface area contributed by atoms with E-state index in [2.05, 4.69) is 12.7 Å². The third-order valence-corrected chi connectivity index (χ3v) is 5.04. The van der Waals surface area contributed by atoms with Crippen molar-refractivity contribution in [1.82, 2.24) is 0 Å². The minimum atomic E-state index is -1.29. The van der Waals surface area contributed by atoms with Crippen LogP contribution < -0.4 is 0 Å². The van der Waals surface area contributed by atoms with Gasteiger partial charge in [0.1, 0.15) is 11.0 Å². The quantitative estimate of drug-likeness (QED) is 0.235. The van der Waals surface area contributed by atoms with Crippen molar-refractivity contribution in [3.63, 3.8) is 0 Å². The van der Waals surface area contributed by atoms with Crippen molar-refractivity contribution in [2.45, 2.75) is 53.1 Å². The molecule has 0 aliphatic heterocycles. The van der Waals surface area contributed by atoms with Gasteiger partial charge in [-0.3, -0.25) is 9.59 Å². The predicted molar refractivity (Wildman–Crippen MR) is 115 cm³/mol. The van der Waals surface area contributed by atoms with E-state index < -0.39 is 17.0 Å². The van der Waals surface area contributed by atoms with Gasteiger partial charge in [0.2, 0.25) is 0 Å². The lowest BCUT2D eigenvalue weighted by Crippen LogP contribution is -2.40. The summed E-state index contributed by atoms with van der Waals surface area (Å²) in [5, 5.41) is 2.02. The maximum Gasteiger partial charge on any atom is 0.320 e. The molecule has 0 aliphatic carbocycles. The summed E-state index contributed by atoms with van der Waals surface area (Å²) < 4.78 is 5.76. The number of benzene rings is 2. The number of ketones is 1. The van der Waals surface area contributed by atoms with Crippen LogP contribution in [0.5, 0.6) is 0 Å². The molecule has 0 fully saturated rings. The number of fused-ring (bicyclic) bond motifs is 1. The van der Waals surface area contributed by atoms with E-state index in [0.717, 1.165) is 17.2 Å². The number of allylic oxidation sites excluding steroid dienone is 2. The molecule has 0 aromatic heterocycles. The van der Waals surface area contributed by atoms with Gasteiger partial charge in [-0.25, -0.2) is 0 Å². The molecule has 2 rings (SSSR count). The monoisotopic (exact) mass is 378 g/mol. The molecular weight excluding hydrogens is 348 g/mol. The van der Waals surface area contributed by atoms with Crippen LogP contribution in [-0.4, -0.2) is 17.4 Å². The van der Waals surface area contributed by atoms with Crippen molar-refractivity contribution >= 4 is 22.5 Å². The molecule has 3 nitrogen and oxygen atoms in total. The van der Waals surface area contributed by atoms with Crippen LogP contribution in [0.4, 0.5) is 0 Å². The van der Waals surface area contributed by atoms with Crippen molar-refractivity contribution < 1.29 is 14.3 Å². The first-order chi connectivity index (χ1) is 13.1. The summed E-state index contributed by atoms with van der Waals surface area (Å²) in [6, 6.07) is 13.3. The molecule has 2 aromatic carbocycles. The number of rotatable bonds is 8. The zero-order valence-electron chi connectivity index (χ0n) is 17.5. The van der Waals surface area contributed by atoms with Gasteiger partial charge >= 0.3 is 5.97 Å². The standard InChI is InChI=1S/C25H30O3/c1-7-25(6,16-10-11-18(2)3)28-23(27)24(4,5)22(26)21-15-14-19-12-8-9-13-20(19)17-21/h7-9,11-15,17H,1,10,16H2,2-6H3. The van der Waals surface area contributed by atoms with E-state index in [1.165, 1.54) is 5.57 Å². The highest BCUT2D eigenvalue weighted by atomic mass is 16.6. The van der Waals surface area contributed by atoms with Crippen molar-refractivity contribution in [3.05, 3.63) is 72.3 Å². The average molecular weight is 379 g/mol. The highest BCUT2D eigenvalue weighted by molar-refractivity contribution is 6.13. The van der Waals surface area contributed by atoms with Gasteiger partial charge in [0.15, 0.2) is 5.78 Å². The van der Waals surface area contributed by atoms with Crippen LogP contribution in [0.25, 0.3) is 10.8 Å². The number of esters is 1. The van der Waals surface area contributed by atoms with Gasteiger partial charge in [0, 0.05) is 5.56 Å². The summed E-state index contributed by atoms with van der Waals surface area (Å²) in [4.78, 5) is 26.0. The molecule has 0 saturated heterocycles. The average Bonchev–Trinajstić information content (AvgIpc) is 2.66. The zero-order valence-corrected chi connectivity index (χ0v) is 17.5. The molecule has 0 spiro atoms. The van der Waals surface area contributed by atoms with Crippen LogP contribution >= 0.6 is 0 Å². The van der Waals surface area contributed by atoms with Crippen LogP contribution in [0, 0.1) is 5.41 Å². The summed E-state index contributed by atoms with van der Waals surface area (Å²) >= 11 is 0. The van der Waals surface area contributed by atoms with Gasteiger partial charge in [-0.05, 0) is 70.4 Å². The predicted octanol–water partition coefficient (Wildman–Crippen LogP) is 6.28. The van der Waals surface area contributed by atoms with Crippen LogP contribution in [-0.2, 0) is 9.53 Å². The van der Waals surface area contributed by atoms with Crippen molar-refractivity contribution in [2.75, 3.05) is 0 Å². The third kappa shape index (κ3) is 4.98. The van der Waals surface area contributed by atoms with Gasteiger partial charge in [-0.2, -0.15) is 0 Å². The van der Waals surface area contributed by atoms with Gasteiger partial charge in [-0.15, -0.1) is 0 Å². The van der Waals surface area contributed by atoms with E-state index in [1.807, 2.05) is 57.2 Å². The van der Waals surface area contributed by atoms with Gasteiger partial charge in [0.25, 0.3) is 0 Å². The molecule has 0 heterocycles. The lowest BCUT2D eigenvalue weighted by atomic mass is 9.83. The Labute approximate surface area is 168 Å². The minimum Gasteiger partial charge on any atom is -0.454 e. The number of carbonyl (C=O) groups excluding carboxylic acids is 2. The molecule has 0 amide bonds.